The van der Waals surface area contributed by atoms with Gasteiger partial charge < -0.3 is 5.73 Å². The van der Waals surface area contributed by atoms with Crippen LogP contribution in [-0.4, -0.2) is 10.2 Å². The topological polar surface area (TPSA) is 54.7 Å². The van der Waals surface area contributed by atoms with Crippen LogP contribution in [0.4, 0.5) is 14.6 Å². The van der Waals surface area contributed by atoms with Gasteiger partial charge in [-0.3, -0.25) is 5.10 Å². The van der Waals surface area contributed by atoms with E-state index in [4.69, 9.17) is 17.3 Å². The number of nitrogens with two attached hydrogens (primary N) is 1. The molecular weight excluding hydrogens is 296 g/mol. The van der Waals surface area contributed by atoms with Crippen LogP contribution >= 0.6 is 11.6 Å². The maximum absolute atomic E-state index is 14.2. The van der Waals surface area contributed by atoms with Gasteiger partial charge in [-0.15, -0.1) is 0 Å². The number of aromatic amines is 1. The summed E-state index contributed by atoms with van der Waals surface area (Å²) in [6.45, 7) is 0. The number of benzene rings is 2. The van der Waals surface area contributed by atoms with Crippen LogP contribution in [0.25, 0.3) is 22.4 Å². The number of nitrogen functional groups attached to an aromatic ring is 1. The summed E-state index contributed by atoms with van der Waals surface area (Å²) in [5.41, 5.74) is 7.37. The van der Waals surface area contributed by atoms with E-state index in [1.165, 1.54) is 18.2 Å². The Hall–Kier alpha value is -2.40. The Bertz CT molecular complexity index is 814. The lowest BCUT2D eigenvalue weighted by molar-refractivity contribution is 0.628. The van der Waals surface area contributed by atoms with Gasteiger partial charge >= 0.3 is 0 Å². The van der Waals surface area contributed by atoms with Crippen LogP contribution in [0, 0.1) is 11.6 Å². The van der Waals surface area contributed by atoms with E-state index in [2.05, 4.69) is 10.2 Å². The molecule has 0 fully saturated rings. The van der Waals surface area contributed by atoms with Gasteiger partial charge in [-0.1, -0.05) is 29.8 Å². The second kappa shape index (κ2) is 5.18. The van der Waals surface area contributed by atoms with Crippen LogP contribution in [0.1, 0.15) is 0 Å². The second-order valence-electron chi connectivity index (χ2n) is 4.47. The van der Waals surface area contributed by atoms with Crippen molar-refractivity contribution in [1.82, 2.24) is 10.2 Å². The van der Waals surface area contributed by atoms with Crippen LogP contribution in [-0.2, 0) is 0 Å². The lowest BCUT2D eigenvalue weighted by Crippen LogP contribution is -1.91. The van der Waals surface area contributed by atoms with Gasteiger partial charge in [0.1, 0.15) is 5.82 Å². The van der Waals surface area contributed by atoms with E-state index in [9.17, 15) is 8.78 Å². The molecule has 6 heteroatoms. The maximum atomic E-state index is 14.2. The quantitative estimate of drug-likeness (QED) is 0.743. The molecule has 3 aromatic rings. The molecule has 0 aliphatic rings. The largest absolute Gasteiger partial charge is 0.382 e. The first kappa shape index (κ1) is 13.6. The van der Waals surface area contributed by atoms with Gasteiger partial charge in [0.2, 0.25) is 0 Å². The molecule has 0 saturated heterocycles. The highest BCUT2D eigenvalue weighted by Gasteiger charge is 2.19. The molecule has 3 nitrogen and oxygen atoms in total. The highest BCUT2D eigenvalue weighted by atomic mass is 35.5. The van der Waals surface area contributed by atoms with Gasteiger partial charge in [-0.2, -0.15) is 5.10 Å². The number of hydrogen-bond donors (Lipinski definition) is 2. The molecule has 0 amide bonds. The fourth-order valence-electron chi connectivity index (χ4n) is 2.18. The number of rotatable bonds is 2. The second-order valence-corrected chi connectivity index (χ2v) is 4.88. The average Bonchev–Trinajstić information content (AvgIpc) is 2.83. The number of nitrogens with zero attached hydrogens (tertiary/aromatic N) is 1. The lowest BCUT2D eigenvalue weighted by Gasteiger charge is -2.07. The first-order valence-corrected chi connectivity index (χ1v) is 6.50. The minimum absolute atomic E-state index is 0.00846. The van der Waals surface area contributed by atoms with E-state index in [1.54, 1.807) is 24.3 Å². The molecule has 0 saturated carbocycles. The molecule has 106 valence electrons. The van der Waals surface area contributed by atoms with Crippen molar-refractivity contribution >= 4 is 17.4 Å². The van der Waals surface area contributed by atoms with Gasteiger partial charge in [0.25, 0.3) is 0 Å². The third-order valence-corrected chi connectivity index (χ3v) is 3.42. The average molecular weight is 306 g/mol. The Morgan fingerprint density at radius 2 is 1.86 bits per heavy atom. The van der Waals surface area contributed by atoms with E-state index < -0.39 is 11.6 Å². The fourth-order valence-corrected chi connectivity index (χ4v) is 2.36. The van der Waals surface area contributed by atoms with E-state index in [1.807, 2.05) is 0 Å². The Morgan fingerprint density at radius 1 is 1.10 bits per heavy atom. The van der Waals surface area contributed by atoms with Crippen molar-refractivity contribution in [3.8, 4) is 22.4 Å². The lowest BCUT2D eigenvalue weighted by atomic mass is 10.0. The molecule has 3 rings (SSSR count). The summed E-state index contributed by atoms with van der Waals surface area (Å²) in [5.74, 6) is -0.832. The first-order chi connectivity index (χ1) is 10.1. The van der Waals surface area contributed by atoms with Gasteiger partial charge in [0, 0.05) is 5.56 Å². The van der Waals surface area contributed by atoms with Gasteiger partial charge in [0.15, 0.2) is 11.6 Å². The predicted molar refractivity (Wildman–Crippen MR) is 78.8 cm³/mol. The van der Waals surface area contributed by atoms with Gasteiger partial charge in [-0.05, 0) is 29.8 Å². The van der Waals surface area contributed by atoms with Crippen molar-refractivity contribution in [1.29, 1.82) is 0 Å². The smallest absolute Gasteiger partial charge is 0.153 e. The molecule has 21 heavy (non-hydrogen) atoms. The summed E-state index contributed by atoms with van der Waals surface area (Å²) in [6, 6.07) is 10.5. The number of anilines is 1. The van der Waals surface area contributed by atoms with Crippen molar-refractivity contribution in [2.24, 2.45) is 0 Å². The first-order valence-electron chi connectivity index (χ1n) is 6.12. The summed E-state index contributed by atoms with van der Waals surface area (Å²) in [6.07, 6.45) is 0. The number of H-pyrrole nitrogens is 1. The van der Waals surface area contributed by atoms with E-state index in [0.29, 0.717) is 16.8 Å². The van der Waals surface area contributed by atoms with Crippen molar-refractivity contribution in [3.05, 3.63) is 59.1 Å². The molecule has 0 aliphatic carbocycles. The molecule has 2 aromatic carbocycles. The minimum atomic E-state index is -0.583. The molecule has 0 spiro atoms. The number of nitrogens with one attached hydrogen (secondary N) is 1. The van der Waals surface area contributed by atoms with Crippen LogP contribution in [0.3, 0.4) is 0 Å². The van der Waals surface area contributed by atoms with Crippen LogP contribution in [0.2, 0.25) is 5.02 Å². The Balaban J connectivity index is 2.24. The SMILES string of the molecule is Nc1n[nH]c(-c2cccc(Cl)c2F)c1-c1cccc(F)c1. The van der Waals surface area contributed by atoms with Gasteiger partial charge in [-0.25, -0.2) is 8.78 Å². The monoisotopic (exact) mass is 305 g/mol. The third-order valence-electron chi connectivity index (χ3n) is 3.13. The van der Waals surface area contributed by atoms with Gasteiger partial charge in [0.05, 0.1) is 16.3 Å². The van der Waals surface area contributed by atoms with Crippen LogP contribution < -0.4 is 5.73 Å². The molecule has 0 aliphatic heterocycles. The Labute approximate surface area is 124 Å². The molecule has 0 atom stereocenters. The summed E-state index contributed by atoms with van der Waals surface area (Å²) < 4.78 is 27.6. The molecule has 0 unspecified atom stereocenters. The minimum Gasteiger partial charge on any atom is -0.382 e. The molecule has 3 N–H and O–H groups in total. The number of halogens is 3. The van der Waals surface area contributed by atoms with E-state index >= 15 is 0 Å². The van der Waals surface area contributed by atoms with Crippen LogP contribution in [0.15, 0.2) is 42.5 Å². The summed E-state index contributed by atoms with van der Waals surface area (Å²) in [4.78, 5) is 0. The zero-order valence-electron chi connectivity index (χ0n) is 10.7. The number of aromatic nitrogens is 2. The molecule has 1 aromatic heterocycles. The molecule has 0 radical (unpaired) electrons. The van der Waals surface area contributed by atoms with E-state index in [-0.39, 0.29) is 16.4 Å². The molecular formula is C15H10ClF2N3. The molecule has 0 bridgehead atoms. The summed E-state index contributed by atoms with van der Waals surface area (Å²) in [5, 5.41) is 6.56. The highest BCUT2D eigenvalue weighted by molar-refractivity contribution is 6.31. The zero-order valence-corrected chi connectivity index (χ0v) is 11.5. The van der Waals surface area contributed by atoms with Crippen molar-refractivity contribution in [2.75, 3.05) is 5.73 Å². The predicted octanol–water partition coefficient (Wildman–Crippen LogP) is 4.26. The maximum Gasteiger partial charge on any atom is 0.153 e. The highest BCUT2D eigenvalue weighted by Crippen LogP contribution is 2.37. The number of hydrogen-bond acceptors (Lipinski definition) is 2. The standard InChI is InChI=1S/C15H10ClF2N3/c16-11-6-2-5-10(13(11)18)14-12(15(19)21-20-14)8-3-1-4-9(17)7-8/h1-7H,(H3,19,20,21). The zero-order chi connectivity index (χ0) is 15.0. The normalized spacial score (nSPS) is 10.8. The van der Waals surface area contributed by atoms with Crippen molar-refractivity contribution < 1.29 is 8.78 Å². The molecule has 1 heterocycles. The fraction of sp³-hybridized carbons (Fsp3) is 0. The Morgan fingerprint density at radius 3 is 2.62 bits per heavy atom. The Kier molecular flexibility index (Phi) is 3.35. The van der Waals surface area contributed by atoms with E-state index in [0.717, 1.165) is 0 Å². The third kappa shape index (κ3) is 2.36. The summed E-state index contributed by atoms with van der Waals surface area (Å²) >= 11 is 5.79. The summed E-state index contributed by atoms with van der Waals surface area (Å²) in [7, 11) is 0. The van der Waals surface area contributed by atoms with Crippen LogP contribution in [0.5, 0.6) is 0 Å². The van der Waals surface area contributed by atoms with Crippen molar-refractivity contribution in [2.45, 2.75) is 0 Å². The van der Waals surface area contributed by atoms with Crippen molar-refractivity contribution in [3.63, 3.8) is 0 Å².